The number of rotatable bonds is 5. The van der Waals surface area contributed by atoms with Gasteiger partial charge in [0.25, 0.3) is 0 Å². The van der Waals surface area contributed by atoms with Crippen LogP contribution in [0.15, 0.2) is 212 Å². The molecule has 0 saturated carbocycles. The normalized spacial score (nSPS) is 17.5. The van der Waals surface area contributed by atoms with E-state index >= 15 is 0 Å². The number of hydrogen-bond donors (Lipinski definition) is 0. The van der Waals surface area contributed by atoms with E-state index < -0.39 is 10.8 Å². The first-order chi connectivity index (χ1) is 31.5. The molecule has 0 heterocycles. The third-order valence-corrected chi connectivity index (χ3v) is 14.9. The topological polar surface area (TPSA) is 3.24 Å². The fraction of sp³-hybridized carbons (Fsp3) is 0.156. The Bertz CT molecular complexity index is 3310. The van der Waals surface area contributed by atoms with Gasteiger partial charge in [0.2, 0.25) is 0 Å². The average molecular weight is 836 g/mol. The van der Waals surface area contributed by atoms with Crippen LogP contribution in [-0.2, 0) is 21.7 Å². The van der Waals surface area contributed by atoms with Crippen molar-refractivity contribution in [1.29, 1.82) is 0 Å². The molecule has 0 aromatic heterocycles. The summed E-state index contributed by atoms with van der Waals surface area (Å²) in [5.74, 6) is 0. The smallest absolute Gasteiger partial charge is 0.0726 e. The maximum Gasteiger partial charge on any atom is 0.0726 e. The van der Waals surface area contributed by atoms with Crippen LogP contribution in [0.4, 0.5) is 17.1 Å². The maximum atomic E-state index is 2.52. The molecule has 65 heavy (non-hydrogen) atoms. The molecule has 0 bridgehead atoms. The SMILES string of the molecule is CC(C)(C)c1ccc(C2(c3ccccc3)c3ccccc3-c3cc(N(c4ccccc4)c4ccc5c(c4)C4(c6ccccc6-5)c5ccccc5-c5ccc(C(C)(C)C)cc54)ccc32)cc1. The van der Waals surface area contributed by atoms with Gasteiger partial charge in [0, 0.05) is 17.1 Å². The predicted molar refractivity (Wildman–Crippen MR) is 272 cm³/mol. The highest BCUT2D eigenvalue weighted by Gasteiger charge is 2.52. The summed E-state index contributed by atoms with van der Waals surface area (Å²) >= 11 is 0. The van der Waals surface area contributed by atoms with Gasteiger partial charge >= 0.3 is 0 Å². The summed E-state index contributed by atoms with van der Waals surface area (Å²) < 4.78 is 0. The van der Waals surface area contributed by atoms with E-state index in [2.05, 4.69) is 259 Å². The van der Waals surface area contributed by atoms with Gasteiger partial charge in [-0.15, -0.1) is 0 Å². The van der Waals surface area contributed by atoms with Gasteiger partial charge in [0.15, 0.2) is 0 Å². The Hall–Kier alpha value is -7.22. The van der Waals surface area contributed by atoms with Gasteiger partial charge in [-0.2, -0.15) is 0 Å². The summed E-state index contributed by atoms with van der Waals surface area (Å²) in [6.45, 7) is 13.9. The highest BCUT2D eigenvalue weighted by Crippen LogP contribution is 2.64. The van der Waals surface area contributed by atoms with Gasteiger partial charge in [0.05, 0.1) is 10.8 Å². The third-order valence-electron chi connectivity index (χ3n) is 14.9. The van der Waals surface area contributed by atoms with Crippen molar-refractivity contribution in [3.63, 3.8) is 0 Å². The molecular weight excluding hydrogens is 783 g/mol. The van der Waals surface area contributed by atoms with Crippen LogP contribution in [-0.4, -0.2) is 0 Å². The Balaban J connectivity index is 1.10. The van der Waals surface area contributed by atoms with Gasteiger partial charge in [-0.1, -0.05) is 217 Å². The molecule has 9 aromatic rings. The zero-order valence-corrected chi connectivity index (χ0v) is 38.2. The largest absolute Gasteiger partial charge is 0.310 e. The summed E-state index contributed by atoms with van der Waals surface area (Å²) in [6, 6.07) is 80.7. The Morgan fingerprint density at radius 2 is 0.692 bits per heavy atom. The molecular formula is C64H53N. The Morgan fingerprint density at radius 1 is 0.277 bits per heavy atom. The van der Waals surface area contributed by atoms with Gasteiger partial charge in [0.1, 0.15) is 0 Å². The van der Waals surface area contributed by atoms with Crippen LogP contribution in [0.1, 0.15) is 97.2 Å². The van der Waals surface area contributed by atoms with E-state index in [4.69, 9.17) is 0 Å². The van der Waals surface area contributed by atoms with Crippen molar-refractivity contribution in [2.24, 2.45) is 0 Å². The zero-order chi connectivity index (χ0) is 44.3. The van der Waals surface area contributed by atoms with Gasteiger partial charge in [-0.3, -0.25) is 0 Å². The number of hydrogen-bond acceptors (Lipinski definition) is 1. The number of para-hydroxylation sites is 1. The second-order valence-electron chi connectivity index (χ2n) is 20.5. The van der Waals surface area contributed by atoms with E-state index in [1.807, 2.05) is 0 Å². The van der Waals surface area contributed by atoms with Crippen LogP contribution < -0.4 is 4.90 Å². The molecule has 0 radical (unpaired) electrons. The molecule has 1 heteroatoms. The van der Waals surface area contributed by atoms with Crippen molar-refractivity contribution < 1.29 is 0 Å². The molecule has 314 valence electrons. The molecule has 0 amide bonds. The molecule has 9 aromatic carbocycles. The van der Waals surface area contributed by atoms with Crippen LogP contribution in [0.25, 0.3) is 33.4 Å². The molecule has 0 saturated heterocycles. The van der Waals surface area contributed by atoms with Crippen LogP contribution >= 0.6 is 0 Å². The quantitative estimate of drug-likeness (QED) is 0.167. The lowest BCUT2D eigenvalue weighted by Gasteiger charge is -2.35. The summed E-state index contributed by atoms with van der Waals surface area (Å²) in [5, 5.41) is 0. The van der Waals surface area contributed by atoms with Crippen LogP contribution in [0.3, 0.4) is 0 Å². The van der Waals surface area contributed by atoms with Crippen molar-refractivity contribution >= 4 is 17.1 Å². The number of anilines is 3. The van der Waals surface area contributed by atoms with Crippen molar-refractivity contribution in [3.8, 4) is 33.4 Å². The lowest BCUT2D eigenvalue weighted by atomic mass is 9.67. The minimum absolute atomic E-state index is 0.00192. The summed E-state index contributed by atoms with van der Waals surface area (Å²) in [7, 11) is 0. The van der Waals surface area contributed by atoms with Gasteiger partial charge in [-0.25, -0.2) is 0 Å². The minimum atomic E-state index is -0.486. The van der Waals surface area contributed by atoms with Gasteiger partial charge < -0.3 is 4.90 Å². The van der Waals surface area contributed by atoms with E-state index in [1.165, 1.54) is 89.0 Å². The molecule has 3 aliphatic carbocycles. The highest BCUT2D eigenvalue weighted by atomic mass is 15.1. The molecule has 0 fully saturated rings. The van der Waals surface area contributed by atoms with E-state index in [9.17, 15) is 0 Å². The fourth-order valence-electron chi connectivity index (χ4n) is 11.9. The molecule has 1 spiro atoms. The highest BCUT2D eigenvalue weighted by molar-refractivity contribution is 5.97. The minimum Gasteiger partial charge on any atom is -0.310 e. The standard InChI is InChI=1S/C64H53N/c1-61(2,3)42-29-31-44(32-30-42)63(43-19-9-7-10-20-43)55-26-16-15-25-51(55)54-40-47(35-38-58(54)63)65(46-21-11-8-12-22-46)48-34-37-53-50-24-14-18-28-57(50)64(60(53)41-48)56-27-17-13-23-49(56)52-36-33-45(39-59(52)64)62(4,5)6/h7-41H,1-6H3. The molecule has 0 N–H and O–H groups in total. The lowest BCUT2D eigenvalue weighted by molar-refractivity contribution is 0.588. The first-order valence-electron chi connectivity index (χ1n) is 23.3. The first-order valence-corrected chi connectivity index (χ1v) is 23.3. The van der Waals surface area contributed by atoms with Crippen molar-refractivity contribution in [2.45, 2.75) is 63.2 Å². The number of nitrogens with zero attached hydrogens (tertiary/aromatic N) is 1. The van der Waals surface area contributed by atoms with Crippen LogP contribution in [0.5, 0.6) is 0 Å². The molecule has 1 nitrogen and oxygen atoms in total. The Morgan fingerprint density at radius 3 is 1.29 bits per heavy atom. The number of fused-ring (bicyclic) bond motifs is 13. The van der Waals surface area contributed by atoms with Crippen LogP contribution in [0, 0.1) is 0 Å². The van der Waals surface area contributed by atoms with Crippen LogP contribution in [0.2, 0.25) is 0 Å². The van der Waals surface area contributed by atoms with E-state index in [-0.39, 0.29) is 10.8 Å². The second kappa shape index (κ2) is 14.1. The van der Waals surface area contributed by atoms with E-state index in [0.29, 0.717) is 0 Å². The third kappa shape index (κ3) is 5.58. The Labute approximate surface area is 384 Å². The van der Waals surface area contributed by atoms with Crippen molar-refractivity contribution in [2.75, 3.05) is 4.90 Å². The monoisotopic (exact) mass is 835 g/mol. The van der Waals surface area contributed by atoms with E-state index in [0.717, 1.165) is 17.1 Å². The van der Waals surface area contributed by atoms with Gasteiger partial charge in [-0.05, 0) is 136 Å². The predicted octanol–water partition coefficient (Wildman–Crippen LogP) is 16.5. The van der Waals surface area contributed by atoms with E-state index in [1.54, 1.807) is 0 Å². The summed E-state index contributed by atoms with van der Waals surface area (Å²) in [4.78, 5) is 2.48. The molecule has 3 aliphatic rings. The fourth-order valence-corrected chi connectivity index (χ4v) is 11.9. The number of benzene rings is 9. The van der Waals surface area contributed by atoms with Crippen molar-refractivity contribution in [1.82, 2.24) is 0 Å². The molecule has 2 atom stereocenters. The molecule has 0 aliphatic heterocycles. The lowest BCUT2D eigenvalue weighted by Crippen LogP contribution is -2.28. The zero-order valence-electron chi connectivity index (χ0n) is 38.2. The first kappa shape index (κ1) is 39.4. The second-order valence-corrected chi connectivity index (χ2v) is 20.5. The molecule has 12 rings (SSSR count). The Kier molecular flexibility index (Phi) is 8.57. The maximum absolute atomic E-state index is 2.52. The molecule has 2 unspecified atom stereocenters. The average Bonchev–Trinajstić information content (AvgIpc) is 3.91. The summed E-state index contributed by atoms with van der Waals surface area (Å²) in [6.07, 6.45) is 0. The summed E-state index contributed by atoms with van der Waals surface area (Å²) in [5.41, 5.74) is 23.6. The van der Waals surface area contributed by atoms with Crippen molar-refractivity contribution in [3.05, 3.63) is 268 Å².